The maximum absolute atomic E-state index is 13.5. The second kappa shape index (κ2) is 4.77. The number of aliphatic hydroxyl groups excluding tert-OH is 1. The van der Waals surface area contributed by atoms with Gasteiger partial charge in [0.2, 0.25) is 0 Å². The van der Waals surface area contributed by atoms with E-state index in [1.54, 1.807) is 12.1 Å². The topological polar surface area (TPSA) is 20.2 Å². The molecule has 1 aromatic rings. The summed E-state index contributed by atoms with van der Waals surface area (Å²) < 4.78 is 13.5. The van der Waals surface area contributed by atoms with E-state index in [-0.39, 0.29) is 11.2 Å². The van der Waals surface area contributed by atoms with Gasteiger partial charge in [0.15, 0.2) is 0 Å². The fraction of sp³-hybridized carbons (Fsp3) is 0.600. The van der Waals surface area contributed by atoms with Crippen molar-refractivity contribution in [2.45, 2.75) is 45.6 Å². The summed E-state index contributed by atoms with van der Waals surface area (Å²) in [5.74, 6) is 0.0875. The molecule has 2 rings (SSSR count). The quantitative estimate of drug-likeness (QED) is 0.850. The lowest BCUT2D eigenvalue weighted by atomic mass is 9.77. The summed E-state index contributed by atoms with van der Waals surface area (Å²) in [6.45, 7) is 4.41. The first-order chi connectivity index (χ1) is 8.00. The van der Waals surface area contributed by atoms with Gasteiger partial charge in [-0.3, -0.25) is 0 Å². The molecule has 0 heterocycles. The highest BCUT2D eigenvalue weighted by Gasteiger charge is 2.38. The molecule has 2 atom stereocenters. The maximum Gasteiger partial charge on any atom is 0.126 e. The zero-order valence-electron chi connectivity index (χ0n) is 10.6. The van der Waals surface area contributed by atoms with Gasteiger partial charge in [-0.1, -0.05) is 38.5 Å². The van der Waals surface area contributed by atoms with Crippen molar-refractivity contribution < 1.29 is 9.50 Å². The van der Waals surface area contributed by atoms with E-state index in [2.05, 4.69) is 13.8 Å². The molecule has 2 unspecified atom stereocenters. The van der Waals surface area contributed by atoms with Gasteiger partial charge < -0.3 is 5.11 Å². The van der Waals surface area contributed by atoms with E-state index in [4.69, 9.17) is 0 Å². The van der Waals surface area contributed by atoms with Gasteiger partial charge in [0.25, 0.3) is 0 Å². The Morgan fingerprint density at radius 3 is 2.71 bits per heavy atom. The second-order valence-corrected chi connectivity index (χ2v) is 5.85. The lowest BCUT2D eigenvalue weighted by Gasteiger charge is -2.31. The molecule has 0 aromatic heterocycles. The summed E-state index contributed by atoms with van der Waals surface area (Å²) >= 11 is 0. The van der Waals surface area contributed by atoms with Crippen LogP contribution >= 0.6 is 0 Å². The molecular weight excluding hydrogens is 215 g/mol. The zero-order chi connectivity index (χ0) is 12.5. The van der Waals surface area contributed by atoms with Crippen molar-refractivity contribution in [3.05, 3.63) is 35.6 Å². The Labute approximate surface area is 103 Å². The molecule has 17 heavy (non-hydrogen) atoms. The predicted molar refractivity (Wildman–Crippen MR) is 67.2 cm³/mol. The maximum atomic E-state index is 13.5. The smallest absolute Gasteiger partial charge is 0.126 e. The van der Waals surface area contributed by atoms with Gasteiger partial charge in [-0.25, -0.2) is 4.39 Å². The highest BCUT2D eigenvalue weighted by Crippen LogP contribution is 2.44. The van der Waals surface area contributed by atoms with Crippen LogP contribution in [0.15, 0.2) is 24.3 Å². The van der Waals surface area contributed by atoms with Crippen LogP contribution in [0.4, 0.5) is 4.39 Å². The molecule has 1 aliphatic carbocycles. The fourth-order valence-electron chi connectivity index (χ4n) is 3.10. The first kappa shape index (κ1) is 12.6. The van der Waals surface area contributed by atoms with Crippen molar-refractivity contribution in [2.24, 2.45) is 11.3 Å². The highest BCUT2D eigenvalue weighted by molar-refractivity contribution is 5.18. The van der Waals surface area contributed by atoms with Gasteiger partial charge in [-0.15, -0.1) is 0 Å². The van der Waals surface area contributed by atoms with E-state index in [0.29, 0.717) is 17.9 Å². The lowest BCUT2D eigenvalue weighted by Crippen LogP contribution is -2.31. The van der Waals surface area contributed by atoms with Crippen molar-refractivity contribution in [1.82, 2.24) is 0 Å². The van der Waals surface area contributed by atoms with E-state index in [1.165, 1.54) is 12.5 Å². The van der Waals surface area contributed by atoms with Crippen LogP contribution in [0.2, 0.25) is 0 Å². The summed E-state index contributed by atoms with van der Waals surface area (Å²) in [6.07, 6.45) is 3.39. The molecule has 0 bridgehead atoms. The Kier molecular flexibility index (Phi) is 3.53. The summed E-state index contributed by atoms with van der Waals surface area (Å²) in [5.41, 5.74) is 0.813. The van der Waals surface area contributed by atoms with Gasteiger partial charge in [-0.2, -0.15) is 0 Å². The molecule has 1 fully saturated rings. The van der Waals surface area contributed by atoms with Crippen LogP contribution < -0.4 is 0 Å². The molecule has 1 aromatic carbocycles. The van der Waals surface area contributed by atoms with E-state index in [0.717, 1.165) is 12.8 Å². The molecule has 1 nitrogen and oxygen atoms in total. The number of halogens is 1. The van der Waals surface area contributed by atoms with Crippen molar-refractivity contribution in [3.63, 3.8) is 0 Å². The largest absolute Gasteiger partial charge is 0.392 e. The molecule has 94 valence electrons. The van der Waals surface area contributed by atoms with Crippen LogP contribution in [0.5, 0.6) is 0 Å². The number of hydrogen-bond acceptors (Lipinski definition) is 1. The monoisotopic (exact) mass is 236 g/mol. The third-order valence-electron chi connectivity index (χ3n) is 4.19. The molecule has 1 N–H and O–H groups in total. The SMILES string of the molecule is CC1(C)CCCC1C(O)Cc1ccccc1F. The average molecular weight is 236 g/mol. The summed E-state index contributed by atoms with van der Waals surface area (Å²) in [7, 11) is 0. The summed E-state index contributed by atoms with van der Waals surface area (Å²) in [5, 5.41) is 10.3. The molecule has 1 aliphatic rings. The van der Waals surface area contributed by atoms with Crippen molar-refractivity contribution >= 4 is 0 Å². The normalized spacial score (nSPS) is 24.8. The van der Waals surface area contributed by atoms with E-state index < -0.39 is 6.10 Å². The van der Waals surface area contributed by atoms with E-state index in [9.17, 15) is 9.50 Å². The second-order valence-electron chi connectivity index (χ2n) is 5.85. The van der Waals surface area contributed by atoms with Gasteiger partial charge in [0, 0.05) is 6.42 Å². The van der Waals surface area contributed by atoms with Crippen LogP contribution in [0.3, 0.4) is 0 Å². The minimum Gasteiger partial charge on any atom is -0.392 e. The Morgan fingerprint density at radius 1 is 1.41 bits per heavy atom. The van der Waals surface area contributed by atoms with Crippen LogP contribution in [-0.2, 0) is 6.42 Å². The number of benzene rings is 1. The predicted octanol–water partition coefficient (Wildman–Crippen LogP) is 3.56. The molecule has 0 amide bonds. The third kappa shape index (κ3) is 2.68. The molecule has 0 spiro atoms. The van der Waals surface area contributed by atoms with Crippen LogP contribution in [0, 0.1) is 17.2 Å². The minimum atomic E-state index is -0.426. The summed E-state index contributed by atoms with van der Waals surface area (Å²) in [6, 6.07) is 6.73. The number of hydrogen-bond donors (Lipinski definition) is 1. The zero-order valence-corrected chi connectivity index (χ0v) is 10.6. The Morgan fingerprint density at radius 2 is 2.12 bits per heavy atom. The van der Waals surface area contributed by atoms with Crippen LogP contribution in [0.1, 0.15) is 38.7 Å². The fourth-order valence-corrected chi connectivity index (χ4v) is 3.10. The van der Waals surface area contributed by atoms with Crippen LogP contribution in [-0.4, -0.2) is 11.2 Å². The summed E-state index contributed by atoms with van der Waals surface area (Å²) in [4.78, 5) is 0. The first-order valence-corrected chi connectivity index (χ1v) is 6.42. The third-order valence-corrected chi connectivity index (χ3v) is 4.19. The Balaban J connectivity index is 2.07. The molecule has 0 saturated heterocycles. The van der Waals surface area contributed by atoms with E-state index >= 15 is 0 Å². The van der Waals surface area contributed by atoms with Gasteiger partial charge in [-0.05, 0) is 35.8 Å². The molecule has 2 heteroatoms. The standard InChI is InChI=1S/C15H21FO/c1-15(2)9-5-7-12(15)14(17)10-11-6-3-4-8-13(11)16/h3-4,6,8,12,14,17H,5,7,9-10H2,1-2H3. The highest BCUT2D eigenvalue weighted by atomic mass is 19.1. The minimum absolute atomic E-state index is 0.185. The number of aliphatic hydroxyl groups is 1. The van der Waals surface area contributed by atoms with Crippen molar-refractivity contribution in [2.75, 3.05) is 0 Å². The lowest BCUT2D eigenvalue weighted by molar-refractivity contribution is 0.0536. The van der Waals surface area contributed by atoms with Gasteiger partial charge in [0.1, 0.15) is 5.82 Å². The van der Waals surface area contributed by atoms with E-state index in [1.807, 2.05) is 6.07 Å². The van der Waals surface area contributed by atoms with Crippen molar-refractivity contribution in [1.29, 1.82) is 0 Å². The first-order valence-electron chi connectivity index (χ1n) is 6.42. The Hall–Kier alpha value is -0.890. The number of rotatable bonds is 3. The van der Waals surface area contributed by atoms with Crippen LogP contribution in [0.25, 0.3) is 0 Å². The molecule has 1 saturated carbocycles. The molecule has 0 radical (unpaired) electrons. The van der Waals surface area contributed by atoms with Crippen molar-refractivity contribution in [3.8, 4) is 0 Å². The van der Waals surface area contributed by atoms with Gasteiger partial charge in [0.05, 0.1) is 6.10 Å². The molecule has 0 aliphatic heterocycles. The van der Waals surface area contributed by atoms with Gasteiger partial charge >= 0.3 is 0 Å². The molecular formula is C15H21FO. The Bertz CT molecular complexity index is 386. The average Bonchev–Trinajstić information content (AvgIpc) is 2.61.